The zero-order chi connectivity index (χ0) is 25.4. The molecule has 0 aliphatic carbocycles. The zero-order valence-corrected chi connectivity index (χ0v) is 19.5. The van der Waals surface area contributed by atoms with Crippen molar-refractivity contribution in [3.8, 4) is 11.1 Å². The molecule has 1 aliphatic heterocycles. The lowest BCUT2D eigenvalue weighted by Crippen LogP contribution is -2.57. The Morgan fingerprint density at radius 1 is 1.09 bits per heavy atom. The van der Waals surface area contributed by atoms with Gasteiger partial charge in [-0.15, -0.1) is 0 Å². The predicted octanol–water partition coefficient (Wildman–Crippen LogP) is 3.95. The van der Waals surface area contributed by atoms with Gasteiger partial charge in [0, 0.05) is 25.0 Å². The van der Waals surface area contributed by atoms with Crippen LogP contribution in [-0.4, -0.2) is 48.7 Å². The van der Waals surface area contributed by atoms with Gasteiger partial charge in [-0.1, -0.05) is 30.3 Å². The molecule has 186 valence electrons. The number of anilines is 1. The van der Waals surface area contributed by atoms with E-state index in [1.165, 1.54) is 35.5 Å². The molecule has 0 radical (unpaired) electrons. The first-order chi connectivity index (χ1) is 16.5. The standard InChI is InChI=1S/C23H23F4N5O2S/c1-15-6-2-3-7-16(15)17-12-21(30-13-18(17)23(25,26)27)32(31-11-9-20(28)19(24)14-31)35(33,34)22-8-4-5-10-29-22/h2-8,10,12-13,19-20H,9,11,14,28H2,1H3/t19-,20+/m0/s1. The van der Waals surface area contributed by atoms with Crippen LogP contribution in [0.4, 0.5) is 23.4 Å². The van der Waals surface area contributed by atoms with Crippen molar-refractivity contribution in [1.29, 1.82) is 0 Å². The molecule has 0 amide bonds. The molecule has 2 N–H and O–H groups in total. The first-order valence-corrected chi connectivity index (χ1v) is 12.2. The largest absolute Gasteiger partial charge is 0.418 e. The summed E-state index contributed by atoms with van der Waals surface area (Å²) >= 11 is 0. The van der Waals surface area contributed by atoms with Gasteiger partial charge in [0.15, 0.2) is 10.8 Å². The highest BCUT2D eigenvalue weighted by atomic mass is 32.2. The summed E-state index contributed by atoms with van der Waals surface area (Å²) in [5.74, 6) is -0.315. The third kappa shape index (κ3) is 5.00. The minimum atomic E-state index is -4.74. The lowest BCUT2D eigenvalue weighted by molar-refractivity contribution is -0.137. The average molecular weight is 510 g/mol. The van der Waals surface area contributed by atoms with Crippen LogP contribution in [0.15, 0.2) is 66.0 Å². The number of hydrogen-bond donors (Lipinski definition) is 1. The molecule has 35 heavy (non-hydrogen) atoms. The number of hydrazine groups is 1. The van der Waals surface area contributed by atoms with E-state index in [2.05, 4.69) is 9.97 Å². The van der Waals surface area contributed by atoms with Gasteiger partial charge in [-0.25, -0.2) is 19.4 Å². The molecule has 0 spiro atoms. The predicted molar refractivity (Wildman–Crippen MR) is 122 cm³/mol. The SMILES string of the molecule is Cc1ccccc1-c1cc(N(N2CC[C@@H](N)[C@@H](F)C2)S(=O)(=O)c2ccccn2)ncc1C(F)(F)F. The number of halogens is 4. The highest BCUT2D eigenvalue weighted by Gasteiger charge is 2.40. The van der Waals surface area contributed by atoms with Crippen LogP contribution in [0.2, 0.25) is 0 Å². The Balaban J connectivity index is 1.93. The fourth-order valence-electron chi connectivity index (χ4n) is 3.95. The van der Waals surface area contributed by atoms with Crippen LogP contribution < -0.4 is 10.1 Å². The number of aryl methyl sites for hydroxylation is 1. The lowest BCUT2D eigenvalue weighted by Gasteiger charge is -2.39. The summed E-state index contributed by atoms with van der Waals surface area (Å²) in [7, 11) is -4.46. The molecule has 1 saturated heterocycles. The summed E-state index contributed by atoms with van der Waals surface area (Å²) in [6.07, 6.45) is -4.28. The van der Waals surface area contributed by atoms with Crippen molar-refractivity contribution >= 4 is 15.8 Å². The number of piperidine rings is 1. The summed E-state index contributed by atoms with van der Waals surface area (Å²) in [5.41, 5.74) is 5.32. The Labute approximate surface area is 200 Å². The van der Waals surface area contributed by atoms with Crippen LogP contribution in [-0.2, 0) is 16.2 Å². The molecule has 4 rings (SSSR count). The molecule has 0 bridgehead atoms. The molecule has 0 saturated carbocycles. The monoisotopic (exact) mass is 509 g/mol. The number of hydrogen-bond acceptors (Lipinski definition) is 6. The molecule has 2 atom stereocenters. The maximum atomic E-state index is 14.5. The van der Waals surface area contributed by atoms with Gasteiger partial charge in [-0.3, -0.25) is 0 Å². The van der Waals surface area contributed by atoms with E-state index in [4.69, 9.17) is 5.73 Å². The highest BCUT2D eigenvalue weighted by molar-refractivity contribution is 7.92. The fourth-order valence-corrected chi connectivity index (χ4v) is 5.37. The van der Waals surface area contributed by atoms with Crippen molar-refractivity contribution in [2.45, 2.75) is 36.8 Å². The summed E-state index contributed by atoms with van der Waals surface area (Å²) in [5, 5.41) is 0.833. The van der Waals surface area contributed by atoms with Gasteiger partial charge in [-0.05, 0) is 48.2 Å². The van der Waals surface area contributed by atoms with Gasteiger partial charge in [-0.2, -0.15) is 26.0 Å². The van der Waals surface area contributed by atoms with Crippen LogP contribution in [0.3, 0.4) is 0 Å². The van der Waals surface area contributed by atoms with E-state index in [1.807, 2.05) is 0 Å². The second kappa shape index (κ2) is 9.51. The third-order valence-electron chi connectivity index (χ3n) is 5.78. The van der Waals surface area contributed by atoms with Gasteiger partial charge in [0.1, 0.15) is 6.17 Å². The number of aromatic nitrogens is 2. The summed E-state index contributed by atoms with van der Waals surface area (Å²) in [4.78, 5) is 7.77. The number of benzene rings is 1. The summed E-state index contributed by atoms with van der Waals surface area (Å²) < 4.78 is 84.2. The molecular formula is C23H23F4N5O2S. The van der Waals surface area contributed by atoms with Crippen molar-refractivity contribution in [3.05, 3.63) is 72.1 Å². The van der Waals surface area contributed by atoms with E-state index in [1.54, 1.807) is 25.1 Å². The normalized spacial score (nSPS) is 19.5. The van der Waals surface area contributed by atoms with Gasteiger partial charge in [0.05, 0.1) is 12.1 Å². The Morgan fingerprint density at radius 2 is 1.80 bits per heavy atom. The van der Waals surface area contributed by atoms with Crippen LogP contribution in [0.5, 0.6) is 0 Å². The van der Waals surface area contributed by atoms with Crippen molar-refractivity contribution in [1.82, 2.24) is 15.0 Å². The average Bonchev–Trinajstić information content (AvgIpc) is 2.81. The maximum Gasteiger partial charge on any atom is 0.418 e. The molecule has 2 aromatic heterocycles. The number of alkyl halides is 4. The van der Waals surface area contributed by atoms with Crippen molar-refractivity contribution in [2.24, 2.45) is 5.73 Å². The first kappa shape index (κ1) is 25.0. The van der Waals surface area contributed by atoms with E-state index in [9.17, 15) is 26.0 Å². The topological polar surface area (TPSA) is 92.4 Å². The molecule has 12 heteroatoms. The zero-order valence-electron chi connectivity index (χ0n) is 18.7. The van der Waals surface area contributed by atoms with E-state index in [0.29, 0.717) is 11.8 Å². The van der Waals surface area contributed by atoms with E-state index in [0.717, 1.165) is 10.5 Å². The van der Waals surface area contributed by atoms with E-state index >= 15 is 0 Å². The second-order valence-electron chi connectivity index (χ2n) is 8.20. The van der Waals surface area contributed by atoms with E-state index < -0.39 is 34.0 Å². The van der Waals surface area contributed by atoms with Crippen molar-refractivity contribution in [2.75, 3.05) is 17.5 Å². The molecule has 1 fully saturated rings. The second-order valence-corrected chi connectivity index (χ2v) is 9.91. The lowest BCUT2D eigenvalue weighted by atomic mass is 9.97. The Kier molecular flexibility index (Phi) is 6.80. The molecule has 3 heterocycles. The fraction of sp³-hybridized carbons (Fsp3) is 0.304. The van der Waals surface area contributed by atoms with Gasteiger partial charge >= 0.3 is 6.18 Å². The maximum absolute atomic E-state index is 14.5. The van der Waals surface area contributed by atoms with Crippen molar-refractivity contribution < 1.29 is 26.0 Å². The summed E-state index contributed by atoms with van der Waals surface area (Å²) in [6.45, 7) is 1.32. The van der Waals surface area contributed by atoms with Crippen LogP contribution in [0.1, 0.15) is 17.5 Å². The Bertz CT molecular complexity index is 1300. The molecule has 0 unspecified atom stereocenters. The number of pyridine rings is 2. The van der Waals surface area contributed by atoms with Crippen LogP contribution in [0, 0.1) is 6.92 Å². The Morgan fingerprint density at radius 3 is 2.43 bits per heavy atom. The van der Waals surface area contributed by atoms with Gasteiger partial charge in [0.2, 0.25) is 0 Å². The van der Waals surface area contributed by atoms with Crippen molar-refractivity contribution in [3.63, 3.8) is 0 Å². The van der Waals surface area contributed by atoms with Gasteiger partial charge in [0.25, 0.3) is 10.0 Å². The smallest absolute Gasteiger partial charge is 0.325 e. The third-order valence-corrected chi connectivity index (χ3v) is 7.43. The highest BCUT2D eigenvalue weighted by Crippen LogP contribution is 2.40. The van der Waals surface area contributed by atoms with E-state index in [-0.39, 0.29) is 41.5 Å². The molecule has 7 nitrogen and oxygen atoms in total. The molecule has 1 aromatic carbocycles. The number of nitrogens with zero attached hydrogens (tertiary/aromatic N) is 4. The number of sulfonamides is 1. The van der Waals surface area contributed by atoms with Crippen LogP contribution in [0.25, 0.3) is 11.1 Å². The molecular weight excluding hydrogens is 486 g/mol. The molecule has 3 aromatic rings. The van der Waals surface area contributed by atoms with Crippen LogP contribution >= 0.6 is 0 Å². The number of rotatable bonds is 5. The minimum absolute atomic E-state index is 0.0516. The quantitative estimate of drug-likeness (QED) is 0.524. The first-order valence-electron chi connectivity index (χ1n) is 10.7. The number of nitrogens with two attached hydrogens (primary N) is 1. The Hall–Kier alpha value is -3.09. The van der Waals surface area contributed by atoms with Gasteiger partial charge < -0.3 is 5.73 Å². The summed E-state index contributed by atoms with van der Waals surface area (Å²) in [6, 6.07) is 10.9. The molecule has 1 aliphatic rings. The minimum Gasteiger partial charge on any atom is -0.325 e.